The first-order valence-corrected chi connectivity index (χ1v) is 6.67. The Morgan fingerprint density at radius 2 is 1.85 bits per heavy atom. The van der Waals surface area contributed by atoms with E-state index in [0.717, 1.165) is 0 Å². The highest BCUT2D eigenvalue weighted by Gasteiger charge is 2.11. The molecule has 0 unspecified atom stereocenters. The van der Waals surface area contributed by atoms with E-state index in [1.165, 1.54) is 12.1 Å². The molecule has 2 nitrogen and oxygen atoms in total. The average molecular weight is 293 g/mol. The molecule has 0 aromatic heterocycles. The molecule has 0 aliphatic heterocycles. The molecule has 0 N–H and O–H groups in total. The molecule has 2 aromatic carbocycles. The van der Waals surface area contributed by atoms with Crippen molar-refractivity contribution in [1.29, 1.82) is 0 Å². The Kier molecular flexibility index (Phi) is 5.13. The summed E-state index contributed by atoms with van der Waals surface area (Å²) < 4.78 is 19.0. The van der Waals surface area contributed by atoms with Crippen molar-refractivity contribution < 1.29 is 13.9 Å². The van der Waals surface area contributed by atoms with E-state index in [4.69, 9.17) is 16.3 Å². The zero-order valence-electron chi connectivity index (χ0n) is 10.8. The molecular weight excluding hydrogens is 279 g/mol. The molecule has 2 aromatic rings. The molecular formula is C16H14ClFO2. The number of ketones is 1. The number of hydrogen-bond acceptors (Lipinski definition) is 2. The van der Waals surface area contributed by atoms with Crippen molar-refractivity contribution in [2.45, 2.75) is 12.8 Å². The first kappa shape index (κ1) is 14.5. The van der Waals surface area contributed by atoms with Gasteiger partial charge in [-0.3, -0.25) is 4.79 Å². The third kappa shape index (κ3) is 4.07. The van der Waals surface area contributed by atoms with Crippen LogP contribution in [0.4, 0.5) is 4.39 Å². The quantitative estimate of drug-likeness (QED) is 0.802. The van der Waals surface area contributed by atoms with E-state index in [1.807, 2.05) is 30.3 Å². The zero-order valence-corrected chi connectivity index (χ0v) is 11.6. The molecule has 4 heteroatoms. The van der Waals surface area contributed by atoms with Gasteiger partial charge in [-0.1, -0.05) is 35.9 Å². The van der Waals surface area contributed by atoms with E-state index in [1.54, 1.807) is 6.07 Å². The van der Waals surface area contributed by atoms with Crippen molar-refractivity contribution in [3.8, 4) is 5.75 Å². The molecule has 2 rings (SSSR count). The van der Waals surface area contributed by atoms with E-state index in [0.29, 0.717) is 5.75 Å². The Bertz CT molecular complexity index is 564. The maximum atomic E-state index is 13.5. The Labute approximate surface area is 122 Å². The van der Waals surface area contributed by atoms with Crippen LogP contribution in [-0.2, 0) is 11.2 Å². The monoisotopic (exact) mass is 292 g/mol. The van der Waals surface area contributed by atoms with Crippen LogP contribution in [0.25, 0.3) is 0 Å². The first-order chi connectivity index (χ1) is 9.66. The zero-order chi connectivity index (χ0) is 14.4. The van der Waals surface area contributed by atoms with Crippen LogP contribution in [-0.4, -0.2) is 12.4 Å². The van der Waals surface area contributed by atoms with Crippen molar-refractivity contribution in [3.05, 3.63) is 64.9 Å². The third-order valence-corrected chi connectivity index (χ3v) is 3.18. The van der Waals surface area contributed by atoms with Crippen LogP contribution in [0.2, 0.25) is 5.02 Å². The molecule has 20 heavy (non-hydrogen) atoms. The lowest BCUT2D eigenvalue weighted by atomic mass is 10.1. The standard InChI is InChI=1S/C16H14ClFO2/c17-15-7-4-8-16(18)14(15)11-12(19)9-10-20-13-5-2-1-3-6-13/h1-8H,9-11H2. The van der Waals surface area contributed by atoms with Crippen LogP contribution >= 0.6 is 11.6 Å². The minimum Gasteiger partial charge on any atom is -0.493 e. The summed E-state index contributed by atoms with van der Waals surface area (Å²) >= 11 is 5.88. The molecule has 0 radical (unpaired) electrons. The van der Waals surface area contributed by atoms with Crippen LogP contribution in [0.15, 0.2) is 48.5 Å². The number of carbonyl (C=O) groups excluding carboxylic acids is 1. The fourth-order valence-corrected chi connectivity index (χ4v) is 2.02. The fraction of sp³-hybridized carbons (Fsp3) is 0.188. The summed E-state index contributed by atoms with van der Waals surface area (Å²) in [5, 5.41) is 0.280. The Hall–Kier alpha value is -1.87. The second kappa shape index (κ2) is 7.06. The van der Waals surface area contributed by atoms with Crippen LogP contribution in [0.5, 0.6) is 5.75 Å². The third-order valence-electron chi connectivity index (χ3n) is 2.83. The number of para-hydroxylation sites is 1. The lowest BCUT2D eigenvalue weighted by Gasteiger charge is -2.07. The van der Waals surface area contributed by atoms with Gasteiger partial charge >= 0.3 is 0 Å². The SMILES string of the molecule is O=C(CCOc1ccccc1)Cc1c(F)cccc1Cl. The van der Waals surface area contributed by atoms with Crippen molar-refractivity contribution >= 4 is 17.4 Å². The highest BCUT2D eigenvalue weighted by atomic mass is 35.5. The van der Waals surface area contributed by atoms with Gasteiger partial charge in [0.05, 0.1) is 6.61 Å². The summed E-state index contributed by atoms with van der Waals surface area (Å²) in [7, 11) is 0. The Balaban J connectivity index is 1.84. The van der Waals surface area contributed by atoms with Crippen molar-refractivity contribution in [3.63, 3.8) is 0 Å². The van der Waals surface area contributed by atoms with Gasteiger partial charge in [0.2, 0.25) is 0 Å². The molecule has 0 bridgehead atoms. The predicted octanol–water partition coefficient (Wildman–Crippen LogP) is 4.06. The molecule has 0 amide bonds. The smallest absolute Gasteiger partial charge is 0.140 e. The van der Waals surface area contributed by atoms with Gasteiger partial charge in [-0.25, -0.2) is 4.39 Å². The van der Waals surface area contributed by atoms with Gasteiger partial charge in [0.1, 0.15) is 17.3 Å². The molecule has 0 fully saturated rings. The lowest BCUT2D eigenvalue weighted by molar-refractivity contribution is -0.118. The second-order valence-corrected chi connectivity index (χ2v) is 4.73. The molecule has 0 heterocycles. The number of benzene rings is 2. The topological polar surface area (TPSA) is 26.3 Å². The van der Waals surface area contributed by atoms with Gasteiger partial charge < -0.3 is 4.74 Å². The summed E-state index contributed by atoms with van der Waals surface area (Å²) in [5.74, 6) is 0.159. The van der Waals surface area contributed by atoms with Gasteiger partial charge in [0.15, 0.2) is 0 Å². The van der Waals surface area contributed by atoms with Gasteiger partial charge in [-0.05, 0) is 24.3 Å². The number of ether oxygens (including phenoxy) is 1. The van der Waals surface area contributed by atoms with Crippen molar-refractivity contribution in [1.82, 2.24) is 0 Å². The summed E-state index contributed by atoms with van der Waals surface area (Å²) in [4.78, 5) is 11.8. The molecule has 0 spiro atoms. The summed E-state index contributed by atoms with van der Waals surface area (Å²) in [6, 6.07) is 13.6. The number of Topliss-reactive ketones (excluding diaryl/α,β-unsaturated/α-hetero) is 1. The molecule has 0 saturated heterocycles. The van der Waals surface area contributed by atoms with Gasteiger partial charge in [0.25, 0.3) is 0 Å². The lowest BCUT2D eigenvalue weighted by Crippen LogP contribution is -2.10. The second-order valence-electron chi connectivity index (χ2n) is 4.33. The average Bonchev–Trinajstić information content (AvgIpc) is 2.44. The Morgan fingerprint density at radius 3 is 2.55 bits per heavy atom. The van der Waals surface area contributed by atoms with Crippen molar-refractivity contribution in [2.24, 2.45) is 0 Å². The summed E-state index contributed by atoms with van der Waals surface area (Å²) in [6.45, 7) is 0.273. The van der Waals surface area contributed by atoms with Gasteiger partial charge in [-0.15, -0.1) is 0 Å². The first-order valence-electron chi connectivity index (χ1n) is 6.29. The molecule has 0 saturated carbocycles. The molecule has 0 aliphatic rings. The summed E-state index contributed by atoms with van der Waals surface area (Å²) in [6.07, 6.45) is 0.212. The highest BCUT2D eigenvalue weighted by molar-refractivity contribution is 6.31. The van der Waals surface area contributed by atoms with Crippen LogP contribution in [0.1, 0.15) is 12.0 Å². The minimum atomic E-state index is -0.449. The number of hydrogen-bond donors (Lipinski definition) is 0. The van der Waals surface area contributed by atoms with Gasteiger partial charge in [-0.2, -0.15) is 0 Å². The van der Waals surface area contributed by atoms with Crippen molar-refractivity contribution in [2.75, 3.05) is 6.61 Å². The number of rotatable bonds is 6. The minimum absolute atomic E-state index is 0.0103. The maximum absolute atomic E-state index is 13.5. The van der Waals surface area contributed by atoms with E-state index in [9.17, 15) is 9.18 Å². The van der Waals surface area contributed by atoms with Crippen LogP contribution in [0, 0.1) is 5.82 Å². The van der Waals surface area contributed by atoms with Crippen LogP contribution in [0.3, 0.4) is 0 Å². The van der Waals surface area contributed by atoms with E-state index >= 15 is 0 Å². The predicted molar refractivity (Wildman–Crippen MR) is 76.7 cm³/mol. The van der Waals surface area contributed by atoms with E-state index in [2.05, 4.69) is 0 Å². The maximum Gasteiger partial charge on any atom is 0.140 e. The van der Waals surface area contributed by atoms with Crippen LogP contribution < -0.4 is 4.74 Å². The molecule has 0 aliphatic carbocycles. The van der Waals surface area contributed by atoms with E-state index in [-0.39, 0.29) is 35.8 Å². The highest BCUT2D eigenvalue weighted by Crippen LogP contribution is 2.20. The largest absolute Gasteiger partial charge is 0.493 e. The fourth-order valence-electron chi connectivity index (χ4n) is 1.79. The number of carbonyl (C=O) groups is 1. The Morgan fingerprint density at radius 1 is 1.10 bits per heavy atom. The van der Waals surface area contributed by atoms with Gasteiger partial charge in [0, 0.05) is 23.4 Å². The normalized spacial score (nSPS) is 10.3. The molecule has 0 atom stereocenters. The number of halogens is 2. The summed E-state index contributed by atoms with van der Waals surface area (Å²) in [5.41, 5.74) is 0.249. The molecule has 104 valence electrons. The van der Waals surface area contributed by atoms with E-state index < -0.39 is 5.82 Å².